The van der Waals surface area contributed by atoms with E-state index in [1.807, 2.05) is 0 Å². The second-order valence-corrected chi connectivity index (χ2v) is 5.21. The zero-order chi connectivity index (χ0) is 9.03. The van der Waals surface area contributed by atoms with Crippen molar-refractivity contribution in [3.05, 3.63) is 0 Å². The molecule has 1 aliphatic rings. The summed E-state index contributed by atoms with van der Waals surface area (Å²) >= 11 is 2.40. The molecule has 3 heteroatoms. The Morgan fingerprint density at radius 1 is 1.58 bits per heavy atom. The highest BCUT2D eigenvalue weighted by molar-refractivity contribution is 14.1. The van der Waals surface area contributed by atoms with Crippen molar-refractivity contribution in [2.45, 2.75) is 38.6 Å². The smallest absolute Gasteiger partial charge is 0.0201 e. The second kappa shape index (κ2) is 4.77. The summed E-state index contributed by atoms with van der Waals surface area (Å²) in [6.45, 7) is 8.12. The van der Waals surface area contributed by atoms with Gasteiger partial charge in [-0.25, -0.2) is 3.11 Å². The van der Waals surface area contributed by atoms with E-state index >= 15 is 0 Å². The first-order valence-corrected chi connectivity index (χ1v) is 5.78. The van der Waals surface area contributed by atoms with Crippen LogP contribution in [0.4, 0.5) is 0 Å². The van der Waals surface area contributed by atoms with Gasteiger partial charge in [-0.1, -0.05) is 6.92 Å². The van der Waals surface area contributed by atoms with Gasteiger partial charge in [0.1, 0.15) is 0 Å². The Morgan fingerprint density at radius 2 is 2.33 bits per heavy atom. The molecular weight excluding hydrogens is 263 g/mol. The van der Waals surface area contributed by atoms with Crippen LogP contribution in [0.2, 0.25) is 0 Å². The molecular formula is C9H19IN2. The van der Waals surface area contributed by atoms with Gasteiger partial charge in [0.05, 0.1) is 0 Å². The minimum absolute atomic E-state index is 0.429. The summed E-state index contributed by atoms with van der Waals surface area (Å²) in [6.07, 6.45) is 3.98. The van der Waals surface area contributed by atoms with Gasteiger partial charge in [0.2, 0.25) is 0 Å². The SMILES string of the molecule is CCN(I)CCC1(C)CCCN1. The molecule has 2 nitrogen and oxygen atoms in total. The highest BCUT2D eigenvalue weighted by Gasteiger charge is 2.27. The van der Waals surface area contributed by atoms with Crippen molar-refractivity contribution in [3.63, 3.8) is 0 Å². The third-order valence-corrected chi connectivity index (χ3v) is 3.87. The van der Waals surface area contributed by atoms with Gasteiger partial charge in [-0.05, 0) is 32.7 Å². The summed E-state index contributed by atoms with van der Waals surface area (Å²) in [4.78, 5) is 0. The van der Waals surface area contributed by atoms with Crippen molar-refractivity contribution in [2.75, 3.05) is 19.6 Å². The first kappa shape index (κ1) is 10.7. The van der Waals surface area contributed by atoms with Crippen LogP contribution in [0.3, 0.4) is 0 Å². The van der Waals surface area contributed by atoms with E-state index in [0.717, 1.165) is 6.54 Å². The van der Waals surface area contributed by atoms with E-state index in [2.05, 4.69) is 45.1 Å². The Bertz CT molecular complexity index is 132. The minimum atomic E-state index is 0.429. The van der Waals surface area contributed by atoms with Gasteiger partial charge in [-0.15, -0.1) is 0 Å². The van der Waals surface area contributed by atoms with Crippen molar-refractivity contribution in [2.24, 2.45) is 0 Å². The van der Waals surface area contributed by atoms with E-state index in [0.29, 0.717) is 5.54 Å². The fourth-order valence-corrected chi connectivity index (χ4v) is 1.94. The van der Waals surface area contributed by atoms with Crippen LogP contribution in [-0.4, -0.2) is 28.3 Å². The topological polar surface area (TPSA) is 15.3 Å². The lowest BCUT2D eigenvalue weighted by atomic mass is 9.96. The number of nitrogens with zero attached hydrogens (tertiary/aromatic N) is 1. The number of rotatable bonds is 4. The Kier molecular flexibility index (Phi) is 4.26. The van der Waals surface area contributed by atoms with Crippen LogP contribution in [0.1, 0.15) is 33.1 Å². The maximum Gasteiger partial charge on any atom is 0.0201 e. The molecule has 1 rings (SSSR count). The number of hydrogen-bond donors (Lipinski definition) is 1. The van der Waals surface area contributed by atoms with E-state index in [9.17, 15) is 0 Å². The Labute approximate surface area is 89.6 Å². The van der Waals surface area contributed by atoms with Crippen molar-refractivity contribution in [1.29, 1.82) is 0 Å². The Morgan fingerprint density at radius 3 is 2.83 bits per heavy atom. The Hall–Kier alpha value is 0.650. The molecule has 1 atom stereocenters. The van der Waals surface area contributed by atoms with Crippen LogP contribution in [-0.2, 0) is 0 Å². The highest BCUT2D eigenvalue weighted by atomic mass is 127. The lowest BCUT2D eigenvalue weighted by Gasteiger charge is -2.26. The van der Waals surface area contributed by atoms with Crippen molar-refractivity contribution in [1.82, 2.24) is 8.43 Å². The van der Waals surface area contributed by atoms with Crippen molar-refractivity contribution < 1.29 is 0 Å². The van der Waals surface area contributed by atoms with Crippen LogP contribution in [0, 0.1) is 0 Å². The van der Waals surface area contributed by atoms with E-state index in [1.165, 1.54) is 32.4 Å². The largest absolute Gasteiger partial charge is 0.311 e. The number of nitrogens with one attached hydrogen (secondary N) is 1. The molecule has 1 aliphatic heterocycles. The Balaban J connectivity index is 2.21. The molecule has 0 spiro atoms. The summed E-state index contributed by atoms with van der Waals surface area (Å²) in [5.41, 5.74) is 0.429. The summed E-state index contributed by atoms with van der Waals surface area (Å²) < 4.78 is 2.35. The van der Waals surface area contributed by atoms with Gasteiger partial charge in [-0.2, -0.15) is 0 Å². The quantitative estimate of drug-likeness (QED) is 0.628. The standard InChI is InChI=1S/C9H19IN2/c1-3-12(10)8-6-9(2)5-4-7-11-9/h11H,3-8H2,1-2H3. The molecule has 0 aromatic heterocycles. The van der Waals surface area contributed by atoms with Crippen LogP contribution in [0.25, 0.3) is 0 Å². The van der Waals surface area contributed by atoms with Crippen LogP contribution in [0.15, 0.2) is 0 Å². The van der Waals surface area contributed by atoms with Gasteiger partial charge in [-0.3, -0.25) is 0 Å². The predicted molar refractivity (Wildman–Crippen MR) is 61.5 cm³/mol. The van der Waals surface area contributed by atoms with Crippen LogP contribution in [0.5, 0.6) is 0 Å². The predicted octanol–water partition coefficient (Wildman–Crippen LogP) is 2.19. The van der Waals surface area contributed by atoms with Gasteiger partial charge in [0, 0.05) is 41.5 Å². The third-order valence-electron chi connectivity index (χ3n) is 2.71. The van der Waals surface area contributed by atoms with E-state index in [4.69, 9.17) is 0 Å². The molecule has 12 heavy (non-hydrogen) atoms. The maximum atomic E-state index is 3.58. The number of halogens is 1. The first-order chi connectivity index (χ1) is 5.66. The zero-order valence-corrected chi connectivity index (χ0v) is 10.2. The van der Waals surface area contributed by atoms with E-state index in [-0.39, 0.29) is 0 Å². The van der Waals surface area contributed by atoms with Gasteiger partial charge in [0.15, 0.2) is 0 Å². The van der Waals surface area contributed by atoms with E-state index in [1.54, 1.807) is 0 Å². The summed E-state index contributed by atoms with van der Waals surface area (Å²) in [5.74, 6) is 0. The fraction of sp³-hybridized carbons (Fsp3) is 1.00. The zero-order valence-electron chi connectivity index (χ0n) is 8.07. The molecule has 1 N–H and O–H groups in total. The second-order valence-electron chi connectivity index (χ2n) is 3.84. The van der Waals surface area contributed by atoms with Crippen molar-refractivity contribution >= 4 is 22.9 Å². The summed E-state index contributed by atoms with van der Waals surface area (Å²) in [5, 5.41) is 3.58. The molecule has 0 aromatic carbocycles. The molecule has 72 valence electrons. The van der Waals surface area contributed by atoms with Gasteiger partial charge in [0.25, 0.3) is 0 Å². The molecule has 0 radical (unpaired) electrons. The maximum absolute atomic E-state index is 3.58. The summed E-state index contributed by atoms with van der Waals surface area (Å²) in [7, 11) is 0. The first-order valence-electron chi connectivity index (χ1n) is 4.82. The van der Waals surface area contributed by atoms with Crippen molar-refractivity contribution in [3.8, 4) is 0 Å². The van der Waals surface area contributed by atoms with E-state index < -0.39 is 0 Å². The molecule has 0 amide bonds. The molecule has 0 saturated carbocycles. The van der Waals surface area contributed by atoms with Crippen LogP contribution < -0.4 is 5.32 Å². The summed E-state index contributed by atoms with van der Waals surface area (Å²) in [6, 6.07) is 0. The minimum Gasteiger partial charge on any atom is -0.311 e. The highest BCUT2D eigenvalue weighted by Crippen LogP contribution is 2.22. The normalized spacial score (nSPS) is 30.0. The number of hydrogen-bond acceptors (Lipinski definition) is 2. The third kappa shape index (κ3) is 3.18. The molecule has 0 aliphatic carbocycles. The molecule has 1 unspecified atom stereocenters. The average Bonchev–Trinajstić information content (AvgIpc) is 2.49. The van der Waals surface area contributed by atoms with Gasteiger partial charge >= 0.3 is 0 Å². The average molecular weight is 282 g/mol. The van der Waals surface area contributed by atoms with Crippen LogP contribution >= 0.6 is 22.9 Å². The molecule has 0 bridgehead atoms. The lowest BCUT2D eigenvalue weighted by molar-refractivity contribution is 0.349. The monoisotopic (exact) mass is 282 g/mol. The lowest BCUT2D eigenvalue weighted by Crippen LogP contribution is -2.38. The molecule has 1 saturated heterocycles. The molecule has 1 fully saturated rings. The molecule has 0 aromatic rings. The molecule has 1 heterocycles. The van der Waals surface area contributed by atoms with Gasteiger partial charge < -0.3 is 5.32 Å². The fourth-order valence-electron chi connectivity index (χ4n) is 1.70.